The Morgan fingerprint density at radius 2 is 2.19 bits per heavy atom. The van der Waals surface area contributed by atoms with Gasteiger partial charge < -0.3 is 15.5 Å². The third-order valence-corrected chi connectivity index (χ3v) is 5.94. The Morgan fingerprint density at radius 3 is 2.88 bits per heavy atom. The zero-order valence-electron chi connectivity index (χ0n) is 15.4. The van der Waals surface area contributed by atoms with E-state index in [2.05, 4.69) is 39.9 Å². The minimum atomic E-state index is 0. The van der Waals surface area contributed by atoms with Gasteiger partial charge in [-0.3, -0.25) is 9.79 Å². The average molecular weight is 488 g/mol. The number of aliphatic imine (C=N–C) groups is 1. The van der Waals surface area contributed by atoms with E-state index in [4.69, 9.17) is 0 Å². The van der Waals surface area contributed by atoms with Crippen molar-refractivity contribution in [3.05, 3.63) is 35.4 Å². The number of benzene rings is 1. The van der Waals surface area contributed by atoms with Crippen molar-refractivity contribution in [3.8, 4) is 0 Å². The predicted molar refractivity (Wildman–Crippen MR) is 120 cm³/mol. The molecule has 5 nitrogen and oxygen atoms in total. The van der Waals surface area contributed by atoms with E-state index in [9.17, 15) is 4.79 Å². The van der Waals surface area contributed by atoms with Crippen LogP contribution in [0.1, 0.15) is 36.8 Å². The van der Waals surface area contributed by atoms with Crippen molar-refractivity contribution in [2.45, 2.75) is 44.8 Å². The highest BCUT2D eigenvalue weighted by Gasteiger charge is 2.20. The van der Waals surface area contributed by atoms with Gasteiger partial charge in [-0.1, -0.05) is 24.3 Å². The van der Waals surface area contributed by atoms with Crippen LogP contribution < -0.4 is 10.6 Å². The van der Waals surface area contributed by atoms with E-state index >= 15 is 0 Å². The van der Waals surface area contributed by atoms with Crippen molar-refractivity contribution in [1.82, 2.24) is 15.5 Å². The molecule has 0 radical (unpaired) electrons. The van der Waals surface area contributed by atoms with Gasteiger partial charge in [0.25, 0.3) is 0 Å². The molecule has 0 saturated carbocycles. The second-order valence-electron chi connectivity index (χ2n) is 6.72. The molecule has 2 aliphatic rings. The fraction of sp³-hybridized carbons (Fsp3) is 0.579. The first-order valence-electron chi connectivity index (χ1n) is 9.15. The van der Waals surface area contributed by atoms with Gasteiger partial charge in [0.2, 0.25) is 5.91 Å². The number of hydrogen-bond donors (Lipinski definition) is 2. The molecule has 2 heterocycles. The lowest BCUT2D eigenvalue weighted by Crippen LogP contribution is -2.45. The van der Waals surface area contributed by atoms with Crippen molar-refractivity contribution in [1.29, 1.82) is 0 Å². The van der Waals surface area contributed by atoms with E-state index in [0.29, 0.717) is 12.5 Å². The van der Waals surface area contributed by atoms with Gasteiger partial charge in [0.15, 0.2) is 5.96 Å². The number of thioether (sulfide) groups is 1. The van der Waals surface area contributed by atoms with Crippen LogP contribution in [0.2, 0.25) is 0 Å². The molecule has 0 aromatic heterocycles. The Labute approximate surface area is 177 Å². The third-order valence-electron chi connectivity index (χ3n) is 4.72. The van der Waals surface area contributed by atoms with Gasteiger partial charge in [0, 0.05) is 44.9 Å². The Bertz CT molecular complexity index is 619. The lowest BCUT2D eigenvalue weighted by Gasteiger charge is -2.24. The Morgan fingerprint density at radius 1 is 1.35 bits per heavy atom. The molecule has 1 atom stereocenters. The Hall–Kier alpha value is -0.960. The molecular formula is C19H29IN4OS. The SMILES string of the molecule is CN=C(NCc1cccc(CN2CCCC2=O)c1)NC1CCCSC1.I. The normalized spacial score (nSPS) is 20.7. The summed E-state index contributed by atoms with van der Waals surface area (Å²) < 4.78 is 0. The van der Waals surface area contributed by atoms with Crippen LogP contribution in [0.25, 0.3) is 0 Å². The summed E-state index contributed by atoms with van der Waals surface area (Å²) in [5, 5.41) is 6.93. The maximum absolute atomic E-state index is 11.8. The third kappa shape index (κ3) is 6.33. The molecule has 2 aliphatic heterocycles. The summed E-state index contributed by atoms with van der Waals surface area (Å²) in [4.78, 5) is 18.1. The molecule has 0 spiro atoms. The fourth-order valence-electron chi connectivity index (χ4n) is 3.36. The van der Waals surface area contributed by atoms with Crippen LogP contribution in [-0.2, 0) is 17.9 Å². The molecule has 2 fully saturated rings. The molecule has 0 aliphatic carbocycles. The average Bonchev–Trinajstić information content (AvgIpc) is 3.04. The van der Waals surface area contributed by atoms with Crippen LogP contribution >= 0.6 is 35.7 Å². The largest absolute Gasteiger partial charge is 0.353 e. The van der Waals surface area contributed by atoms with Crippen LogP contribution in [0.5, 0.6) is 0 Å². The van der Waals surface area contributed by atoms with Crippen molar-refractivity contribution in [3.63, 3.8) is 0 Å². The van der Waals surface area contributed by atoms with Crippen molar-refractivity contribution in [2.75, 3.05) is 25.1 Å². The number of carbonyl (C=O) groups is 1. The van der Waals surface area contributed by atoms with E-state index < -0.39 is 0 Å². The molecule has 1 unspecified atom stereocenters. The maximum Gasteiger partial charge on any atom is 0.222 e. The molecule has 0 bridgehead atoms. The van der Waals surface area contributed by atoms with Crippen molar-refractivity contribution in [2.24, 2.45) is 4.99 Å². The molecule has 2 saturated heterocycles. The number of nitrogens with one attached hydrogen (secondary N) is 2. The molecular weight excluding hydrogens is 459 g/mol. The second kappa shape index (κ2) is 11.0. The number of likely N-dealkylation sites (tertiary alicyclic amines) is 1. The van der Waals surface area contributed by atoms with E-state index in [-0.39, 0.29) is 29.9 Å². The summed E-state index contributed by atoms with van der Waals surface area (Å²) in [6, 6.07) is 8.98. The van der Waals surface area contributed by atoms with Crippen molar-refractivity contribution < 1.29 is 4.79 Å². The first-order valence-corrected chi connectivity index (χ1v) is 10.3. The molecule has 3 rings (SSSR count). The number of hydrogen-bond acceptors (Lipinski definition) is 3. The molecule has 1 aromatic carbocycles. The van der Waals surface area contributed by atoms with Gasteiger partial charge in [-0.05, 0) is 36.1 Å². The number of guanidine groups is 1. The van der Waals surface area contributed by atoms with Crippen molar-refractivity contribution >= 4 is 47.6 Å². The smallest absolute Gasteiger partial charge is 0.222 e. The van der Waals surface area contributed by atoms with Gasteiger partial charge in [-0.2, -0.15) is 11.8 Å². The quantitative estimate of drug-likeness (QED) is 0.380. The highest BCUT2D eigenvalue weighted by atomic mass is 127. The molecule has 1 amide bonds. The fourth-order valence-corrected chi connectivity index (χ4v) is 4.43. The maximum atomic E-state index is 11.8. The zero-order valence-corrected chi connectivity index (χ0v) is 18.5. The van der Waals surface area contributed by atoms with E-state index in [1.165, 1.54) is 29.7 Å². The number of nitrogens with zero attached hydrogens (tertiary/aromatic N) is 2. The van der Waals surface area contributed by atoms with Crippen LogP contribution in [0.15, 0.2) is 29.3 Å². The zero-order chi connectivity index (χ0) is 17.5. The highest BCUT2D eigenvalue weighted by Crippen LogP contribution is 2.17. The van der Waals surface area contributed by atoms with Gasteiger partial charge in [-0.15, -0.1) is 24.0 Å². The van der Waals surface area contributed by atoms with E-state index in [1.54, 1.807) is 0 Å². The molecule has 1 aromatic rings. The number of amides is 1. The number of rotatable bonds is 5. The van der Waals surface area contributed by atoms with E-state index in [0.717, 1.165) is 37.8 Å². The standard InChI is InChI=1S/C19H28N4OS.HI/c1-20-19(22-17-7-4-10-25-14-17)21-12-15-5-2-6-16(11-15)13-23-9-3-8-18(23)24;/h2,5-6,11,17H,3-4,7-10,12-14H2,1H3,(H2,20,21,22);1H. The minimum absolute atomic E-state index is 0. The van der Waals surface area contributed by atoms with Crippen LogP contribution in [0, 0.1) is 0 Å². The molecule has 26 heavy (non-hydrogen) atoms. The number of halogens is 1. The van der Waals surface area contributed by atoms with Gasteiger partial charge in [-0.25, -0.2) is 0 Å². The van der Waals surface area contributed by atoms with Gasteiger partial charge in [0.1, 0.15) is 0 Å². The minimum Gasteiger partial charge on any atom is -0.353 e. The van der Waals surface area contributed by atoms with E-state index in [1.807, 2.05) is 23.7 Å². The topological polar surface area (TPSA) is 56.7 Å². The predicted octanol–water partition coefficient (Wildman–Crippen LogP) is 2.99. The summed E-state index contributed by atoms with van der Waals surface area (Å²) in [6.07, 6.45) is 4.17. The lowest BCUT2D eigenvalue weighted by molar-refractivity contribution is -0.128. The summed E-state index contributed by atoms with van der Waals surface area (Å²) in [6.45, 7) is 2.34. The molecule has 144 valence electrons. The van der Waals surface area contributed by atoms with Gasteiger partial charge >= 0.3 is 0 Å². The molecule has 7 heteroatoms. The highest BCUT2D eigenvalue weighted by molar-refractivity contribution is 14.0. The summed E-state index contributed by atoms with van der Waals surface area (Å²) in [5.41, 5.74) is 2.41. The van der Waals surface area contributed by atoms with Crippen LogP contribution in [0.4, 0.5) is 0 Å². The summed E-state index contributed by atoms with van der Waals surface area (Å²) >= 11 is 2.01. The Kier molecular flexibility index (Phi) is 9.04. The monoisotopic (exact) mass is 488 g/mol. The first kappa shape index (κ1) is 21.3. The molecule has 2 N–H and O–H groups in total. The van der Waals surface area contributed by atoms with Crippen LogP contribution in [0.3, 0.4) is 0 Å². The number of carbonyl (C=O) groups excluding carboxylic acids is 1. The summed E-state index contributed by atoms with van der Waals surface area (Å²) in [5.74, 6) is 3.57. The summed E-state index contributed by atoms with van der Waals surface area (Å²) in [7, 11) is 1.82. The van der Waals surface area contributed by atoms with Gasteiger partial charge in [0.05, 0.1) is 0 Å². The van der Waals surface area contributed by atoms with Crippen LogP contribution in [-0.4, -0.2) is 47.9 Å². The Balaban J connectivity index is 0.00000243. The lowest BCUT2D eigenvalue weighted by atomic mass is 10.1. The second-order valence-corrected chi connectivity index (χ2v) is 7.87. The first-order chi connectivity index (χ1) is 12.2.